The van der Waals surface area contributed by atoms with Crippen LogP contribution in [-0.4, -0.2) is 12.9 Å². The summed E-state index contributed by atoms with van der Waals surface area (Å²) in [6.07, 6.45) is 0.398. The first-order valence-corrected chi connectivity index (χ1v) is 6.90. The Labute approximate surface area is 124 Å². The topological polar surface area (TPSA) is 26.3 Å². The molecule has 2 aromatic carbocycles. The number of rotatable bonds is 5. The molecule has 2 nitrogen and oxygen atoms in total. The van der Waals surface area contributed by atoms with Crippen LogP contribution in [0, 0.1) is 19.7 Å². The molecule has 0 aliphatic heterocycles. The van der Waals surface area contributed by atoms with Crippen molar-refractivity contribution in [3.05, 3.63) is 64.5 Å². The third-order valence-corrected chi connectivity index (χ3v) is 3.33. The van der Waals surface area contributed by atoms with Crippen molar-refractivity contribution in [2.45, 2.75) is 26.7 Å². The van der Waals surface area contributed by atoms with E-state index in [1.807, 2.05) is 26.0 Å². The van der Waals surface area contributed by atoms with Crippen LogP contribution in [0.1, 0.15) is 22.3 Å². The Morgan fingerprint density at radius 1 is 1.10 bits per heavy atom. The van der Waals surface area contributed by atoms with Crippen LogP contribution in [0.25, 0.3) is 0 Å². The van der Waals surface area contributed by atoms with Crippen molar-refractivity contribution in [1.29, 1.82) is 0 Å². The van der Waals surface area contributed by atoms with Gasteiger partial charge in [0.1, 0.15) is 5.78 Å². The Morgan fingerprint density at radius 2 is 1.76 bits per heavy atom. The molecule has 110 valence electrons. The maximum absolute atomic E-state index is 14.0. The zero-order chi connectivity index (χ0) is 15.4. The standard InChI is InChI=1S/C18H19FO2/c1-12-7-13(2)9-14(8-12)10-16(20)11-15-5-4-6-17(21-3)18(15)19/h4-9H,10-11H2,1-3H3. The van der Waals surface area contributed by atoms with Gasteiger partial charge in [-0.25, -0.2) is 4.39 Å². The number of hydrogen-bond donors (Lipinski definition) is 0. The van der Waals surface area contributed by atoms with Crippen molar-refractivity contribution in [2.24, 2.45) is 0 Å². The quantitative estimate of drug-likeness (QED) is 0.835. The Bertz CT molecular complexity index is 642. The predicted molar refractivity (Wildman–Crippen MR) is 81.3 cm³/mol. The molecule has 2 aromatic rings. The summed E-state index contributed by atoms with van der Waals surface area (Å²) < 4.78 is 19.0. The molecule has 0 fully saturated rings. The minimum atomic E-state index is -0.450. The Hall–Kier alpha value is -2.16. The Balaban J connectivity index is 2.12. The third-order valence-electron chi connectivity index (χ3n) is 3.33. The maximum atomic E-state index is 14.0. The number of carbonyl (C=O) groups is 1. The second kappa shape index (κ2) is 6.53. The highest BCUT2D eigenvalue weighted by Crippen LogP contribution is 2.21. The van der Waals surface area contributed by atoms with Gasteiger partial charge in [-0.15, -0.1) is 0 Å². The molecule has 0 amide bonds. The molecule has 2 rings (SSSR count). The minimum Gasteiger partial charge on any atom is -0.494 e. The average molecular weight is 286 g/mol. The first-order valence-electron chi connectivity index (χ1n) is 6.90. The minimum absolute atomic E-state index is 0.00727. The zero-order valence-corrected chi connectivity index (χ0v) is 12.6. The van der Waals surface area contributed by atoms with Gasteiger partial charge in [0.05, 0.1) is 7.11 Å². The molecule has 0 saturated heterocycles. The summed E-state index contributed by atoms with van der Waals surface area (Å²) in [6.45, 7) is 4.01. The van der Waals surface area contributed by atoms with E-state index in [4.69, 9.17) is 4.74 Å². The predicted octanol–water partition coefficient (Wildman–Crippen LogP) is 3.81. The number of carbonyl (C=O) groups excluding carboxylic acids is 1. The van der Waals surface area contributed by atoms with E-state index in [0.29, 0.717) is 12.0 Å². The molecule has 3 heteroatoms. The smallest absolute Gasteiger partial charge is 0.168 e. The molecular formula is C18H19FO2. The van der Waals surface area contributed by atoms with Gasteiger partial charge in [-0.3, -0.25) is 4.79 Å². The van der Waals surface area contributed by atoms with Crippen LogP contribution < -0.4 is 4.74 Å². The van der Waals surface area contributed by atoms with E-state index in [-0.39, 0.29) is 18.0 Å². The van der Waals surface area contributed by atoms with E-state index in [9.17, 15) is 9.18 Å². The largest absolute Gasteiger partial charge is 0.494 e. The SMILES string of the molecule is COc1cccc(CC(=O)Cc2cc(C)cc(C)c2)c1F. The first kappa shape index (κ1) is 15.2. The van der Waals surface area contributed by atoms with Gasteiger partial charge in [0.2, 0.25) is 0 Å². The number of ether oxygens (including phenoxy) is 1. The molecule has 0 radical (unpaired) electrons. The second-order valence-corrected chi connectivity index (χ2v) is 5.32. The lowest BCUT2D eigenvalue weighted by atomic mass is 9.99. The van der Waals surface area contributed by atoms with Crippen molar-refractivity contribution in [2.75, 3.05) is 7.11 Å². The molecule has 0 bridgehead atoms. The van der Waals surface area contributed by atoms with E-state index in [2.05, 4.69) is 6.07 Å². The van der Waals surface area contributed by atoms with Crippen molar-refractivity contribution >= 4 is 5.78 Å². The number of aryl methyl sites for hydroxylation is 2. The second-order valence-electron chi connectivity index (χ2n) is 5.32. The molecule has 0 spiro atoms. The van der Waals surface area contributed by atoms with Gasteiger partial charge < -0.3 is 4.74 Å². The fourth-order valence-corrected chi connectivity index (χ4v) is 2.52. The summed E-state index contributed by atoms with van der Waals surface area (Å²) in [4.78, 5) is 12.1. The fraction of sp³-hybridized carbons (Fsp3) is 0.278. The lowest BCUT2D eigenvalue weighted by Gasteiger charge is -2.08. The van der Waals surface area contributed by atoms with Crippen molar-refractivity contribution in [1.82, 2.24) is 0 Å². The fourth-order valence-electron chi connectivity index (χ4n) is 2.52. The van der Waals surface area contributed by atoms with Gasteiger partial charge in [0.25, 0.3) is 0 Å². The summed E-state index contributed by atoms with van der Waals surface area (Å²) in [5.74, 6) is -0.285. The number of halogens is 1. The summed E-state index contributed by atoms with van der Waals surface area (Å²) in [5, 5.41) is 0. The van der Waals surface area contributed by atoms with E-state index in [1.165, 1.54) is 7.11 Å². The molecule has 0 N–H and O–H groups in total. The van der Waals surface area contributed by atoms with E-state index >= 15 is 0 Å². The van der Waals surface area contributed by atoms with E-state index in [0.717, 1.165) is 16.7 Å². The lowest BCUT2D eigenvalue weighted by molar-refractivity contribution is -0.117. The van der Waals surface area contributed by atoms with Crippen LogP contribution in [-0.2, 0) is 17.6 Å². The summed E-state index contributed by atoms with van der Waals surface area (Å²) >= 11 is 0. The Kier molecular flexibility index (Phi) is 4.73. The van der Waals surface area contributed by atoms with Gasteiger partial charge in [-0.2, -0.15) is 0 Å². The highest BCUT2D eigenvalue weighted by Gasteiger charge is 2.12. The molecule has 0 saturated carbocycles. The maximum Gasteiger partial charge on any atom is 0.168 e. The van der Waals surface area contributed by atoms with Gasteiger partial charge in [0.15, 0.2) is 11.6 Å². The molecule has 0 atom stereocenters. The van der Waals surface area contributed by atoms with E-state index < -0.39 is 5.82 Å². The number of methoxy groups -OCH3 is 1. The highest BCUT2D eigenvalue weighted by molar-refractivity contribution is 5.83. The Morgan fingerprint density at radius 3 is 2.38 bits per heavy atom. The number of hydrogen-bond acceptors (Lipinski definition) is 2. The molecule has 21 heavy (non-hydrogen) atoms. The highest BCUT2D eigenvalue weighted by atomic mass is 19.1. The first-order chi connectivity index (χ1) is 9.99. The summed E-state index contributed by atoms with van der Waals surface area (Å²) in [7, 11) is 1.42. The third kappa shape index (κ3) is 3.91. The van der Waals surface area contributed by atoms with Gasteiger partial charge >= 0.3 is 0 Å². The zero-order valence-electron chi connectivity index (χ0n) is 12.6. The average Bonchev–Trinajstić information content (AvgIpc) is 2.40. The molecule has 0 unspecified atom stereocenters. The number of ketones is 1. The van der Waals surface area contributed by atoms with Crippen LogP contribution in [0.2, 0.25) is 0 Å². The van der Waals surface area contributed by atoms with Gasteiger partial charge in [-0.1, -0.05) is 41.5 Å². The number of Topliss-reactive ketones (excluding diaryl/α,β-unsaturated/α-hetero) is 1. The molecule has 0 aliphatic rings. The summed E-state index contributed by atoms with van der Waals surface area (Å²) in [6, 6.07) is 10.9. The van der Waals surface area contributed by atoms with Crippen LogP contribution in [0.15, 0.2) is 36.4 Å². The van der Waals surface area contributed by atoms with Gasteiger partial charge in [-0.05, 0) is 31.0 Å². The van der Waals surface area contributed by atoms with Crippen molar-refractivity contribution < 1.29 is 13.9 Å². The van der Waals surface area contributed by atoms with Crippen molar-refractivity contribution in [3.8, 4) is 5.75 Å². The van der Waals surface area contributed by atoms with Crippen molar-refractivity contribution in [3.63, 3.8) is 0 Å². The monoisotopic (exact) mass is 286 g/mol. The molecule has 0 aromatic heterocycles. The van der Waals surface area contributed by atoms with Crippen LogP contribution in [0.5, 0.6) is 5.75 Å². The molecule has 0 aliphatic carbocycles. The van der Waals surface area contributed by atoms with Gasteiger partial charge in [0, 0.05) is 12.8 Å². The molecular weight excluding hydrogens is 267 g/mol. The number of benzene rings is 2. The summed E-state index contributed by atoms with van der Waals surface area (Å²) in [5.41, 5.74) is 3.61. The van der Waals surface area contributed by atoms with E-state index in [1.54, 1.807) is 18.2 Å². The lowest BCUT2D eigenvalue weighted by Crippen LogP contribution is -2.08. The van der Waals surface area contributed by atoms with Crippen LogP contribution >= 0.6 is 0 Å². The normalized spacial score (nSPS) is 10.5. The van der Waals surface area contributed by atoms with Crippen LogP contribution in [0.3, 0.4) is 0 Å². The van der Waals surface area contributed by atoms with Crippen LogP contribution in [0.4, 0.5) is 4.39 Å². The molecule has 0 heterocycles.